The smallest absolute Gasteiger partial charge is 0.158 e. The van der Waals surface area contributed by atoms with Gasteiger partial charge in [0.25, 0.3) is 0 Å². The number of hydrogen-bond donors (Lipinski definition) is 5. The highest BCUT2D eigenvalue weighted by atomic mass is 16.6. The first-order valence-electron chi connectivity index (χ1n) is 5.61. The molecule has 0 radical (unpaired) electrons. The number of anilines is 1. The molecule has 5 N–H and O–H groups in total. The summed E-state index contributed by atoms with van der Waals surface area (Å²) in [4.78, 5) is 3.99. The first-order chi connectivity index (χ1) is 8.63. The van der Waals surface area contributed by atoms with E-state index in [0.29, 0.717) is 5.82 Å². The lowest BCUT2D eigenvalue weighted by molar-refractivity contribution is -0.221. The maximum atomic E-state index is 9.78. The van der Waals surface area contributed by atoms with Gasteiger partial charge in [0.05, 0.1) is 6.61 Å². The fourth-order valence-electron chi connectivity index (χ4n) is 1.81. The summed E-state index contributed by atoms with van der Waals surface area (Å²) in [5.74, 6) is 0.460. The third-order valence-electron chi connectivity index (χ3n) is 2.85. The highest BCUT2D eigenvalue weighted by molar-refractivity contribution is 5.34. The predicted octanol–water partition coefficient (Wildman–Crippen LogP) is -1.71. The molecule has 1 aromatic heterocycles. The van der Waals surface area contributed by atoms with Crippen molar-refractivity contribution in [2.45, 2.75) is 30.6 Å². The summed E-state index contributed by atoms with van der Waals surface area (Å²) in [6.45, 7) is -0.453. The number of ether oxygens (including phenoxy) is 1. The molecule has 1 saturated heterocycles. The van der Waals surface area contributed by atoms with Crippen LogP contribution in [0.25, 0.3) is 0 Å². The Hall–Kier alpha value is -1.25. The van der Waals surface area contributed by atoms with Crippen molar-refractivity contribution in [1.82, 2.24) is 4.98 Å². The maximum absolute atomic E-state index is 9.78. The molecule has 0 saturated carbocycles. The van der Waals surface area contributed by atoms with Gasteiger partial charge < -0.3 is 30.5 Å². The van der Waals surface area contributed by atoms with Gasteiger partial charge in [0.15, 0.2) is 6.23 Å². The van der Waals surface area contributed by atoms with Crippen molar-refractivity contribution in [3.05, 3.63) is 24.4 Å². The van der Waals surface area contributed by atoms with Crippen molar-refractivity contribution in [3.8, 4) is 0 Å². The highest BCUT2D eigenvalue weighted by Gasteiger charge is 2.43. The molecule has 7 heteroatoms. The Morgan fingerprint density at radius 3 is 2.56 bits per heavy atom. The van der Waals surface area contributed by atoms with Crippen molar-refractivity contribution in [1.29, 1.82) is 0 Å². The lowest BCUT2D eigenvalue weighted by Gasteiger charge is -2.40. The van der Waals surface area contributed by atoms with E-state index in [1.165, 1.54) is 0 Å². The van der Waals surface area contributed by atoms with Gasteiger partial charge in [-0.3, -0.25) is 0 Å². The molecule has 2 rings (SSSR count). The summed E-state index contributed by atoms with van der Waals surface area (Å²) in [5, 5.41) is 40.8. The van der Waals surface area contributed by atoms with Gasteiger partial charge in [-0.25, -0.2) is 4.98 Å². The number of pyridine rings is 1. The lowest BCUT2D eigenvalue weighted by Crippen LogP contribution is -2.60. The number of nitrogens with zero attached hydrogens (tertiary/aromatic N) is 1. The van der Waals surface area contributed by atoms with E-state index in [9.17, 15) is 15.3 Å². The average molecular weight is 256 g/mol. The number of hydrogen-bond acceptors (Lipinski definition) is 7. The first-order valence-corrected chi connectivity index (χ1v) is 5.61. The van der Waals surface area contributed by atoms with Crippen LogP contribution in [0.4, 0.5) is 5.82 Å². The molecule has 7 nitrogen and oxygen atoms in total. The third kappa shape index (κ3) is 2.60. The quantitative estimate of drug-likeness (QED) is 0.437. The average Bonchev–Trinajstić information content (AvgIpc) is 2.40. The standard InChI is InChI=1S/C11H16N2O5/c14-5-6-8(15)9(16)10(17)11(18-6)13-7-3-1-2-4-12-7/h1-4,6,8-11,14-17H,5H2,(H,12,13)/t6-,8+,9+,10-,11+/m0/s1. The van der Waals surface area contributed by atoms with Crippen molar-refractivity contribution in [2.24, 2.45) is 0 Å². The lowest BCUT2D eigenvalue weighted by atomic mass is 9.98. The van der Waals surface area contributed by atoms with E-state index in [2.05, 4.69) is 10.3 Å². The van der Waals surface area contributed by atoms with E-state index in [4.69, 9.17) is 9.84 Å². The fourth-order valence-corrected chi connectivity index (χ4v) is 1.81. The largest absolute Gasteiger partial charge is 0.394 e. The normalized spacial score (nSPS) is 36.3. The molecule has 0 unspecified atom stereocenters. The molecule has 100 valence electrons. The highest BCUT2D eigenvalue weighted by Crippen LogP contribution is 2.21. The van der Waals surface area contributed by atoms with Gasteiger partial charge in [0, 0.05) is 6.20 Å². The topological polar surface area (TPSA) is 115 Å². The Morgan fingerprint density at radius 2 is 1.94 bits per heavy atom. The molecule has 1 aromatic rings. The van der Waals surface area contributed by atoms with Gasteiger partial charge in [-0.2, -0.15) is 0 Å². The van der Waals surface area contributed by atoms with Crippen LogP contribution in [-0.2, 0) is 4.74 Å². The van der Waals surface area contributed by atoms with Crippen molar-refractivity contribution < 1.29 is 25.2 Å². The first kappa shape index (κ1) is 13.2. The molecule has 1 fully saturated rings. The second-order valence-electron chi connectivity index (χ2n) is 4.11. The molecule has 0 aromatic carbocycles. The summed E-state index contributed by atoms with van der Waals surface area (Å²) in [6, 6.07) is 5.15. The van der Waals surface area contributed by atoms with Crippen LogP contribution in [0.15, 0.2) is 24.4 Å². The molecule has 1 aliphatic rings. The second kappa shape index (κ2) is 5.59. The van der Waals surface area contributed by atoms with Gasteiger partial charge in [-0.05, 0) is 12.1 Å². The van der Waals surface area contributed by atoms with Crippen LogP contribution in [0.1, 0.15) is 0 Å². The van der Waals surface area contributed by atoms with E-state index in [1.54, 1.807) is 24.4 Å². The van der Waals surface area contributed by atoms with Crippen molar-refractivity contribution in [2.75, 3.05) is 11.9 Å². The number of aliphatic hydroxyl groups is 4. The number of rotatable bonds is 3. The Balaban J connectivity index is 2.08. The fraction of sp³-hybridized carbons (Fsp3) is 0.545. The van der Waals surface area contributed by atoms with Crippen molar-refractivity contribution >= 4 is 5.82 Å². The van der Waals surface area contributed by atoms with E-state index in [-0.39, 0.29) is 0 Å². The molecule has 0 bridgehead atoms. The predicted molar refractivity (Wildman–Crippen MR) is 61.6 cm³/mol. The van der Waals surface area contributed by atoms with Gasteiger partial charge >= 0.3 is 0 Å². The second-order valence-corrected chi connectivity index (χ2v) is 4.11. The van der Waals surface area contributed by atoms with Crippen LogP contribution in [0.3, 0.4) is 0 Å². The van der Waals surface area contributed by atoms with E-state index < -0.39 is 37.3 Å². The number of nitrogens with one attached hydrogen (secondary N) is 1. The van der Waals surface area contributed by atoms with Crippen LogP contribution < -0.4 is 5.32 Å². The Kier molecular flexibility index (Phi) is 4.10. The summed E-state index contributed by atoms with van der Waals surface area (Å²) in [5.41, 5.74) is 0. The van der Waals surface area contributed by atoms with E-state index in [1.807, 2.05) is 0 Å². The molecule has 1 aliphatic heterocycles. The molecule has 0 aliphatic carbocycles. The van der Waals surface area contributed by atoms with Gasteiger partial charge in [0.2, 0.25) is 0 Å². The molecular weight excluding hydrogens is 240 g/mol. The number of aliphatic hydroxyl groups excluding tert-OH is 4. The van der Waals surface area contributed by atoms with Crippen LogP contribution in [-0.4, -0.2) is 62.7 Å². The molecule has 18 heavy (non-hydrogen) atoms. The van der Waals surface area contributed by atoms with Crippen LogP contribution in [0.5, 0.6) is 0 Å². The molecule has 0 spiro atoms. The zero-order valence-corrected chi connectivity index (χ0v) is 9.55. The van der Waals surface area contributed by atoms with Gasteiger partial charge in [-0.1, -0.05) is 6.07 Å². The summed E-state index contributed by atoms with van der Waals surface area (Å²) in [7, 11) is 0. The summed E-state index contributed by atoms with van der Waals surface area (Å²) >= 11 is 0. The number of aromatic nitrogens is 1. The zero-order valence-electron chi connectivity index (χ0n) is 9.55. The summed E-state index contributed by atoms with van der Waals surface area (Å²) in [6.07, 6.45) is -4.37. The molecular formula is C11H16N2O5. The van der Waals surface area contributed by atoms with Crippen LogP contribution >= 0.6 is 0 Å². The Bertz CT molecular complexity index is 375. The monoisotopic (exact) mass is 256 g/mol. The minimum atomic E-state index is -1.39. The molecule has 5 atom stereocenters. The van der Waals surface area contributed by atoms with E-state index >= 15 is 0 Å². The molecule has 0 amide bonds. The zero-order chi connectivity index (χ0) is 13.1. The summed E-state index contributed by atoms with van der Waals surface area (Å²) < 4.78 is 5.27. The SMILES string of the molecule is OC[C@@H]1O[C@@H](Nc2ccccn2)[C@@H](O)[C@H](O)[C@@H]1O. The van der Waals surface area contributed by atoms with E-state index in [0.717, 1.165) is 0 Å². The van der Waals surface area contributed by atoms with Gasteiger partial charge in [-0.15, -0.1) is 0 Å². The Morgan fingerprint density at radius 1 is 1.17 bits per heavy atom. The maximum Gasteiger partial charge on any atom is 0.158 e. The van der Waals surface area contributed by atoms with Crippen molar-refractivity contribution in [3.63, 3.8) is 0 Å². The van der Waals surface area contributed by atoms with Crippen LogP contribution in [0, 0.1) is 0 Å². The van der Waals surface area contributed by atoms with Crippen LogP contribution in [0.2, 0.25) is 0 Å². The third-order valence-corrected chi connectivity index (χ3v) is 2.85. The Labute approximate surface area is 104 Å². The minimum absolute atomic E-state index is 0.453. The molecule has 2 heterocycles. The minimum Gasteiger partial charge on any atom is -0.394 e. The van der Waals surface area contributed by atoms with Gasteiger partial charge in [0.1, 0.15) is 30.2 Å².